The molecule has 1 fully saturated rings. The molecule has 1 aliphatic rings. The highest BCUT2D eigenvalue weighted by Gasteiger charge is 2.17. The Morgan fingerprint density at radius 2 is 1.97 bits per heavy atom. The molecule has 0 atom stereocenters. The zero-order chi connectivity index (χ0) is 24.7. The number of fused-ring (bicyclic) bond motifs is 1. The lowest BCUT2D eigenvalue weighted by Gasteiger charge is -2.07. The van der Waals surface area contributed by atoms with E-state index >= 15 is 0 Å². The van der Waals surface area contributed by atoms with Crippen LogP contribution in [0.25, 0.3) is 22.4 Å². The summed E-state index contributed by atoms with van der Waals surface area (Å²) in [6.45, 7) is 1.46. The van der Waals surface area contributed by atoms with E-state index in [1.54, 1.807) is 31.4 Å². The van der Waals surface area contributed by atoms with Crippen LogP contribution < -0.4 is 10.1 Å². The van der Waals surface area contributed by atoms with Crippen LogP contribution in [0, 0.1) is 5.92 Å². The van der Waals surface area contributed by atoms with Gasteiger partial charge in [0.1, 0.15) is 5.75 Å². The Balaban J connectivity index is 1.10. The van der Waals surface area contributed by atoms with E-state index < -0.39 is 0 Å². The number of aryl methyl sites for hydroxylation is 2. The number of carbonyl (C=O) groups excluding carboxylic acids is 1. The summed E-state index contributed by atoms with van der Waals surface area (Å²) in [6.07, 6.45) is 11.1. The summed E-state index contributed by atoms with van der Waals surface area (Å²) in [6, 6.07) is 13.2. The van der Waals surface area contributed by atoms with Gasteiger partial charge in [-0.15, -0.1) is 0 Å². The number of hydrogen-bond donors (Lipinski definition) is 1. The van der Waals surface area contributed by atoms with E-state index in [0.717, 1.165) is 66.4 Å². The third-order valence-corrected chi connectivity index (χ3v) is 7.05. The minimum Gasteiger partial charge on any atom is -0.497 e. The number of aromatic nitrogens is 4. The summed E-state index contributed by atoms with van der Waals surface area (Å²) in [5, 5.41) is 7.18. The fourth-order valence-electron chi connectivity index (χ4n) is 4.93. The maximum absolute atomic E-state index is 12.3. The summed E-state index contributed by atoms with van der Waals surface area (Å²) < 4.78 is 12.8. The standard InChI is InChI=1S/C28H33N5O3/c1-35-23-12-9-21(10-13-23)28(34)29-16-4-5-17-33-19-30-24-18-22(11-14-25(24)33)27-31-26(36-32-27)15-8-20-6-2-3-7-20/h9-14,18-20H,2-8,15-17H2,1H3,(H,29,34). The van der Waals surface area contributed by atoms with Crippen LogP contribution in [0.5, 0.6) is 5.75 Å². The van der Waals surface area contributed by atoms with Gasteiger partial charge in [0, 0.05) is 30.6 Å². The quantitative estimate of drug-likeness (QED) is 0.284. The molecule has 2 heterocycles. The fourth-order valence-corrected chi connectivity index (χ4v) is 4.93. The minimum atomic E-state index is -0.0681. The zero-order valence-corrected chi connectivity index (χ0v) is 20.8. The Bertz CT molecular complexity index is 1290. The molecule has 0 radical (unpaired) electrons. The monoisotopic (exact) mass is 487 g/mol. The van der Waals surface area contributed by atoms with Gasteiger partial charge in [-0.2, -0.15) is 4.98 Å². The number of imidazole rings is 1. The van der Waals surface area contributed by atoms with Crippen molar-refractivity contribution in [2.75, 3.05) is 13.7 Å². The van der Waals surface area contributed by atoms with E-state index in [9.17, 15) is 4.79 Å². The van der Waals surface area contributed by atoms with Gasteiger partial charge in [-0.3, -0.25) is 4.79 Å². The topological polar surface area (TPSA) is 95.1 Å². The van der Waals surface area contributed by atoms with Crippen LogP contribution in [0.4, 0.5) is 0 Å². The first-order valence-corrected chi connectivity index (χ1v) is 12.9. The van der Waals surface area contributed by atoms with Gasteiger partial charge in [0.15, 0.2) is 0 Å². The number of nitrogens with one attached hydrogen (secondary N) is 1. The van der Waals surface area contributed by atoms with E-state index in [2.05, 4.69) is 31.1 Å². The van der Waals surface area contributed by atoms with Gasteiger partial charge in [0.25, 0.3) is 5.91 Å². The first-order chi connectivity index (χ1) is 17.7. The van der Waals surface area contributed by atoms with Gasteiger partial charge in [0.2, 0.25) is 11.7 Å². The molecule has 1 N–H and O–H groups in total. The van der Waals surface area contributed by atoms with Crippen LogP contribution in [0.2, 0.25) is 0 Å². The summed E-state index contributed by atoms with van der Waals surface area (Å²) in [4.78, 5) is 21.5. The molecule has 0 unspecified atom stereocenters. The number of rotatable bonds is 11. The first-order valence-electron chi connectivity index (χ1n) is 12.9. The number of benzene rings is 2. The second-order valence-electron chi connectivity index (χ2n) is 9.53. The number of methoxy groups -OCH3 is 1. The number of carbonyl (C=O) groups is 1. The molecule has 8 heteroatoms. The van der Waals surface area contributed by atoms with Gasteiger partial charge < -0.3 is 19.1 Å². The Morgan fingerprint density at radius 3 is 2.78 bits per heavy atom. The van der Waals surface area contributed by atoms with Gasteiger partial charge in [-0.05, 0) is 67.6 Å². The van der Waals surface area contributed by atoms with Crippen molar-refractivity contribution in [1.29, 1.82) is 0 Å². The number of ether oxygens (including phenoxy) is 1. The summed E-state index contributed by atoms with van der Waals surface area (Å²) in [5.41, 5.74) is 3.54. The lowest BCUT2D eigenvalue weighted by Crippen LogP contribution is -2.24. The van der Waals surface area contributed by atoms with Crippen molar-refractivity contribution in [1.82, 2.24) is 25.0 Å². The highest BCUT2D eigenvalue weighted by Crippen LogP contribution is 2.29. The van der Waals surface area contributed by atoms with Crippen LogP contribution in [-0.2, 0) is 13.0 Å². The molecule has 1 saturated carbocycles. The Kier molecular flexibility index (Phi) is 7.59. The molecule has 5 rings (SSSR count). The predicted molar refractivity (Wildman–Crippen MR) is 138 cm³/mol. The fraction of sp³-hybridized carbons (Fsp3) is 0.429. The van der Waals surface area contributed by atoms with Crippen molar-refractivity contribution in [3.8, 4) is 17.1 Å². The lowest BCUT2D eigenvalue weighted by molar-refractivity contribution is 0.0953. The van der Waals surface area contributed by atoms with Crippen LogP contribution >= 0.6 is 0 Å². The van der Waals surface area contributed by atoms with Crippen molar-refractivity contribution in [3.05, 3.63) is 60.2 Å². The molecule has 2 aromatic carbocycles. The number of hydrogen-bond acceptors (Lipinski definition) is 6. The second kappa shape index (κ2) is 11.4. The van der Waals surface area contributed by atoms with Crippen molar-refractivity contribution >= 4 is 16.9 Å². The molecule has 36 heavy (non-hydrogen) atoms. The van der Waals surface area contributed by atoms with Crippen LogP contribution in [0.3, 0.4) is 0 Å². The van der Waals surface area contributed by atoms with E-state index in [0.29, 0.717) is 17.9 Å². The maximum Gasteiger partial charge on any atom is 0.251 e. The number of nitrogens with zero attached hydrogens (tertiary/aromatic N) is 4. The van der Waals surface area contributed by atoms with Gasteiger partial charge in [0.05, 0.1) is 24.5 Å². The van der Waals surface area contributed by atoms with Crippen molar-refractivity contribution in [2.45, 2.75) is 57.9 Å². The molecule has 4 aromatic rings. The predicted octanol–water partition coefficient (Wildman–Crippen LogP) is 5.43. The van der Waals surface area contributed by atoms with E-state index in [1.807, 2.05) is 18.5 Å². The molecule has 0 aliphatic heterocycles. The summed E-state index contributed by atoms with van der Waals surface area (Å²) in [7, 11) is 1.61. The first kappa shape index (κ1) is 24.0. The van der Waals surface area contributed by atoms with E-state index in [1.165, 1.54) is 25.7 Å². The van der Waals surface area contributed by atoms with Crippen LogP contribution in [0.1, 0.15) is 61.2 Å². The highest BCUT2D eigenvalue weighted by molar-refractivity contribution is 5.94. The molecule has 188 valence electrons. The van der Waals surface area contributed by atoms with E-state index in [4.69, 9.17) is 9.26 Å². The molecule has 8 nitrogen and oxygen atoms in total. The molecular formula is C28H33N5O3. The van der Waals surface area contributed by atoms with Crippen LogP contribution in [0.15, 0.2) is 53.3 Å². The lowest BCUT2D eigenvalue weighted by atomic mass is 10.0. The van der Waals surface area contributed by atoms with Crippen molar-refractivity contribution in [3.63, 3.8) is 0 Å². The number of amides is 1. The van der Waals surface area contributed by atoms with Crippen LogP contribution in [-0.4, -0.2) is 39.3 Å². The van der Waals surface area contributed by atoms with Gasteiger partial charge in [-0.25, -0.2) is 4.98 Å². The third-order valence-electron chi connectivity index (χ3n) is 7.05. The SMILES string of the molecule is COc1ccc(C(=O)NCCCCn2cnc3cc(-c4noc(CCC5CCCC5)n4)ccc32)cc1. The van der Waals surface area contributed by atoms with E-state index in [-0.39, 0.29) is 5.91 Å². The largest absolute Gasteiger partial charge is 0.497 e. The average molecular weight is 488 g/mol. The Hall–Kier alpha value is -3.68. The maximum atomic E-state index is 12.3. The zero-order valence-electron chi connectivity index (χ0n) is 20.8. The normalized spacial score (nSPS) is 13.9. The second-order valence-corrected chi connectivity index (χ2v) is 9.53. The number of unbranched alkanes of at least 4 members (excludes halogenated alkanes) is 1. The molecule has 0 saturated heterocycles. The molecule has 0 spiro atoms. The Labute approximate surface area is 211 Å². The molecule has 2 aromatic heterocycles. The average Bonchev–Trinajstić information content (AvgIpc) is 3.68. The molecular weight excluding hydrogens is 454 g/mol. The Morgan fingerprint density at radius 1 is 1.14 bits per heavy atom. The smallest absolute Gasteiger partial charge is 0.251 e. The molecule has 1 aliphatic carbocycles. The van der Waals surface area contributed by atoms with Crippen molar-refractivity contribution < 1.29 is 14.1 Å². The van der Waals surface area contributed by atoms with Gasteiger partial charge in [-0.1, -0.05) is 30.8 Å². The third kappa shape index (κ3) is 5.75. The minimum absolute atomic E-state index is 0.0681. The highest BCUT2D eigenvalue weighted by atomic mass is 16.5. The summed E-state index contributed by atoms with van der Waals surface area (Å²) >= 11 is 0. The van der Waals surface area contributed by atoms with Gasteiger partial charge >= 0.3 is 0 Å². The molecule has 1 amide bonds. The molecule has 0 bridgehead atoms. The van der Waals surface area contributed by atoms with Crippen molar-refractivity contribution in [2.24, 2.45) is 5.92 Å². The summed E-state index contributed by atoms with van der Waals surface area (Å²) in [5.74, 6) is 2.83.